The number of ketones is 1. The Bertz CT molecular complexity index is 517. The van der Waals surface area contributed by atoms with Gasteiger partial charge in [0, 0.05) is 12.3 Å². The Morgan fingerprint density at radius 2 is 1.86 bits per heavy atom. The molecule has 0 heterocycles. The van der Waals surface area contributed by atoms with Crippen LogP contribution in [0.15, 0.2) is 18.2 Å². The maximum Gasteiger partial charge on any atom is 0.161 e. The Labute approximate surface area is 126 Å². The zero-order valence-electron chi connectivity index (χ0n) is 12.9. The quantitative estimate of drug-likeness (QED) is 0.836. The topological polar surface area (TPSA) is 35.5 Å². The van der Waals surface area contributed by atoms with Crippen molar-refractivity contribution in [2.75, 3.05) is 7.11 Å². The lowest BCUT2D eigenvalue weighted by Gasteiger charge is -2.20. The largest absolute Gasteiger partial charge is 0.493 e. The monoisotopic (exact) mass is 288 g/mol. The van der Waals surface area contributed by atoms with E-state index in [1.54, 1.807) is 7.11 Å². The first-order valence-electron chi connectivity index (χ1n) is 8.06. The molecule has 1 aromatic carbocycles. The van der Waals surface area contributed by atoms with Crippen molar-refractivity contribution < 1.29 is 14.3 Å². The van der Waals surface area contributed by atoms with Crippen LogP contribution in [0.4, 0.5) is 0 Å². The summed E-state index contributed by atoms with van der Waals surface area (Å²) in [7, 11) is 1.68. The summed E-state index contributed by atoms with van der Waals surface area (Å²) in [4.78, 5) is 11.8. The Morgan fingerprint density at radius 1 is 1.10 bits per heavy atom. The van der Waals surface area contributed by atoms with Crippen molar-refractivity contribution in [3.63, 3.8) is 0 Å². The van der Waals surface area contributed by atoms with Crippen LogP contribution in [-0.4, -0.2) is 19.0 Å². The molecule has 0 amide bonds. The van der Waals surface area contributed by atoms with Crippen molar-refractivity contribution in [3.8, 4) is 11.5 Å². The van der Waals surface area contributed by atoms with Gasteiger partial charge in [0.15, 0.2) is 11.5 Å². The maximum atomic E-state index is 11.8. The summed E-state index contributed by atoms with van der Waals surface area (Å²) in [6.07, 6.45) is 6.74. The molecular formula is C18H24O3. The van der Waals surface area contributed by atoms with Gasteiger partial charge in [0.1, 0.15) is 5.78 Å². The SMILES string of the molecule is COc1ccc(C2CCC(=O)C2C)cc1OC1CCCC1. The molecule has 114 valence electrons. The molecule has 2 aliphatic carbocycles. The fourth-order valence-corrected chi connectivity index (χ4v) is 3.66. The van der Waals surface area contributed by atoms with Crippen molar-refractivity contribution in [2.24, 2.45) is 5.92 Å². The predicted octanol–water partition coefficient (Wildman–Crippen LogP) is 4.10. The summed E-state index contributed by atoms with van der Waals surface area (Å²) >= 11 is 0. The molecule has 3 heteroatoms. The first-order chi connectivity index (χ1) is 10.2. The lowest BCUT2D eigenvalue weighted by molar-refractivity contribution is -0.120. The number of carbonyl (C=O) groups is 1. The highest BCUT2D eigenvalue weighted by molar-refractivity contribution is 5.84. The van der Waals surface area contributed by atoms with Crippen LogP contribution in [0, 0.1) is 5.92 Å². The second-order valence-electron chi connectivity index (χ2n) is 6.33. The smallest absolute Gasteiger partial charge is 0.161 e. The van der Waals surface area contributed by atoms with Gasteiger partial charge in [-0.15, -0.1) is 0 Å². The standard InChI is InChI=1S/C18H24O3/c1-12-15(8-9-16(12)19)13-7-10-17(20-2)18(11-13)21-14-5-3-4-6-14/h7,10-12,14-15H,3-6,8-9H2,1-2H3. The fraction of sp³-hybridized carbons (Fsp3) is 0.611. The van der Waals surface area contributed by atoms with E-state index >= 15 is 0 Å². The Balaban J connectivity index is 1.83. The van der Waals surface area contributed by atoms with E-state index in [2.05, 4.69) is 12.1 Å². The third-order valence-corrected chi connectivity index (χ3v) is 5.02. The van der Waals surface area contributed by atoms with E-state index < -0.39 is 0 Å². The van der Waals surface area contributed by atoms with E-state index in [0.29, 0.717) is 24.2 Å². The molecule has 21 heavy (non-hydrogen) atoms. The number of benzene rings is 1. The van der Waals surface area contributed by atoms with Crippen molar-refractivity contribution in [1.82, 2.24) is 0 Å². The molecule has 3 nitrogen and oxygen atoms in total. The molecule has 0 saturated heterocycles. The minimum atomic E-state index is 0.123. The second-order valence-corrected chi connectivity index (χ2v) is 6.33. The first kappa shape index (κ1) is 14.4. The molecule has 1 aromatic rings. The van der Waals surface area contributed by atoms with Crippen LogP contribution < -0.4 is 9.47 Å². The van der Waals surface area contributed by atoms with Gasteiger partial charge < -0.3 is 9.47 Å². The number of methoxy groups -OCH3 is 1. The van der Waals surface area contributed by atoms with Gasteiger partial charge in [0.05, 0.1) is 13.2 Å². The number of ether oxygens (including phenoxy) is 2. The van der Waals surface area contributed by atoms with E-state index in [-0.39, 0.29) is 5.92 Å². The number of hydrogen-bond acceptors (Lipinski definition) is 3. The molecule has 0 spiro atoms. The van der Waals surface area contributed by atoms with E-state index in [1.807, 2.05) is 13.0 Å². The highest BCUT2D eigenvalue weighted by Gasteiger charge is 2.32. The summed E-state index contributed by atoms with van der Waals surface area (Å²) in [5.41, 5.74) is 1.21. The molecule has 3 rings (SSSR count). The molecule has 2 aliphatic rings. The number of carbonyl (C=O) groups excluding carboxylic acids is 1. The van der Waals surface area contributed by atoms with Crippen LogP contribution in [0.3, 0.4) is 0 Å². The van der Waals surface area contributed by atoms with Crippen molar-refractivity contribution in [1.29, 1.82) is 0 Å². The van der Waals surface area contributed by atoms with Gasteiger partial charge in [0.2, 0.25) is 0 Å². The predicted molar refractivity (Wildman–Crippen MR) is 82.0 cm³/mol. The normalized spacial score (nSPS) is 26.3. The number of Topliss-reactive ketones (excluding diaryl/α,β-unsaturated/α-hetero) is 1. The lowest BCUT2D eigenvalue weighted by atomic mass is 9.90. The highest BCUT2D eigenvalue weighted by atomic mass is 16.5. The lowest BCUT2D eigenvalue weighted by Crippen LogP contribution is -2.13. The average molecular weight is 288 g/mol. The fourth-order valence-electron chi connectivity index (χ4n) is 3.66. The van der Waals surface area contributed by atoms with Gasteiger partial charge in [-0.3, -0.25) is 4.79 Å². The van der Waals surface area contributed by atoms with Gasteiger partial charge in [-0.2, -0.15) is 0 Å². The van der Waals surface area contributed by atoms with Crippen molar-refractivity contribution in [2.45, 2.75) is 57.5 Å². The van der Waals surface area contributed by atoms with E-state index in [4.69, 9.17) is 9.47 Å². The van der Waals surface area contributed by atoms with Crippen molar-refractivity contribution in [3.05, 3.63) is 23.8 Å². The average Bonchev–Trinajstić information content (AvgIpc) is 3.11. The van der Waals surface area contributed by atoms with Crippen LogP contribution >= 0.6 is 0 Å². The summed E-state index contributed by atoms with van der Waals surface area (Å²) < 4.78 is 11.6. The van der Waals surface area contributed by atoms with Crippen LogP contribution in [0.2, 0.25) is 0 Å². The molecule has 2 atom stereocenters. The molecular weight excluding hydrogens is 264 g/mol. The third-order valence-electron chi connectivity index (χ3n) is 5.02. The van der Waals surface area contributed by atoms with E-state index in [0.717, 1.165) is 30.8 Å². The van der Waals surface area contributed by atoms with Crippen molar-refractivity contribution >= 4 is 5.78 Å². The highest BCUT2D eigenvalue weighted by Crippen LogP contribution is 2.41. The summed E-state index contributed by atoms with van der Waals surface area (Å²) in [6.45, 7) is 2.04. The Hall–Kier alpha value is -1.51. The summed E-state index contributed by atoms with van der Waals surface area (Å²) in [6, 6.07) is 6.16. The molecule has 2 saturated carbocycles. The van der Waals surface area contributed by atoms with Crippen LogP contribution in [-0.2, 0) is 4.79 Å². The van der Waals surface area contributed by atoms with Gasteiger partial charge in [-0.05, 0) is 55.7 Å². The zero-order chi connectivity index (χ0) is 14.8. The molecule has 0 aliphatic heterocycles. The van der Waals surface area contributed by atoms with E-state index in [9.17, 15) is 4.79 Å². The first-order valence-corrected chi connectivity index (χ1v) is 8.06. The number of rotatable bonds is 4. The van der Waals surface area contributed by atoms with Gasteiger partial charge in [-0.1, -0.05) is 13.0 Å². The number of hydrogen-bond donors (Lipinski definition) is 0. The molecule has 2 fully saturated rings. The van der Waals surface area contributed by atoms with E-state index in [1.165, 1.54) is 18.4 Å². The minimum Gasteiger partial charge on any atom is -0.493 e. The Morgan fingerprint density at radius 3 is 2.48 bits per heavy atom. The third kappa shape index (κ3) is 2.92. The molecule has 2 unspecified atom stereocenters. The molecule has 0 bridgehead atoms. The summed E-state index contributed by atoms with van der Waals surface area (Å²) in [5.74, 6) is 2.47. The Kier molecular flexibility index (Phi) is 4.18. The zero-order valence-corrected chi connectivity index (χ0v) is 12.9. The molecule has 0 N–H and O–H groups in total. The molecule has 0 aromatic heterocycles. The van der Waals surface area contributed by atoms with Gasteiger partial charge in [-0.25, -0.2) is 0 Å². The van der Waals surface area contributed by atoms with Crippen LogP contribution in [0.1, 0.15) is 56.9 Å². The van der Waals surface area contributed by atoms with Gasteiger partial charge >= 0.3 is 0 Å². The maximum absolute atomic E-state index is 11.8. The van der Waals surface area contributed by atoms with Crippen LogP contribution in [0.5, 0.6) is 11.5 Å². The molecule has 0 radical (unpaired) electrons. The second kappa shape index (κ2) is 6.08. The minimum absolute atomic E-state index is 0.123. The van der Waals surface area contributed by atoms with Gasteiger partial charge in [0.25, 0.3) is 0 Å². The van der Waals surface area contributed by atoms with Crippen LogP contribution in [0.25, 0.3) is 0 Å². The summed E-state index contributed by atoms with van der Waals surface area (Å²) in [5, 5.41) is 0.